The highest BCUT2D eigenvalue weighted by molar-refractivity contribution is 9.08. The molecule has 0 saturated carbocycles. The van der Waals surface area contributed by atoms with Crippen LogP contribution in [-0.4, -0.2) is 0 Å². The quantitative estimate of drug-likeness (QED) is 0.142. The van der Waals surface area contributed by atoms with Crippen molar-refractivity contribution in [2.75, 3.05) is 4.44 Å². The minimum Gasteiger partial charge on any atom is -0.289 e. The van der Waals surface area contributed by atoms with Gasteiger partial charge in [-0.3, -0.25) is 13.6 Å². The van der Waals surface area contributed by atoms with Crippen LogP contribution in [0.3, 0.4) is 0 Å². The van der Waals surface area contributed by atoms with Crippen LogP contribution in [0.5, 0.6) is 0 Å². The molecule has 0 radical (unpaired) electrons. The molecule has 37 heavy (non-hydrogen) atoms. The molecular formula is C31H26BrNO2P2. The molecule has 0 bridgehead atoms. The van der Waals surface area contributed by atoms with Crippen LogP contribution in [-0.2, 0) is 14.5 Å². The van der Waals surface area contributed by atoms with Crippen LogP contribution < -0.4 is 25.7 Å². The molecule has 0 aromatic heterocycles. The number of hydrogen-bond acceptors (Lipinski definition) is 2. The van der Waals surface area contributed by atoms with Crippen LogP contribution in [0, 0.1) is 0 Å². The second kappa shape index (κ2) is 11.1. The van der Waals surface area contributed by atoms with Crippen molar-refractivity contribution in [3.8, 4) is 0 Å². The van der Waals surface area contributed by atoms with E-state index in [1.807, 2.05) is 146 Å². The summed E-state index contributed by atoms with van der Waals surface area (Å²) in [6.45, 7) is 0. The van der Waals surface area contributed by atoms with E-state index in [1.54, 1.807) is 4.44 Å². The second-order valence-corrected chi connectivity index (χ2v) is 14.6. The highest BCUT2D eigenvalue weighted by Gasteiger charge is 2.47. The molecule has 0 atom stereocenters. The highest BCUT2D eigenvalue weighted by atomic mass is 79.9. The molecule has 5 aromatic rings. The fraction of sp³-hybridized carbons (Fsp3) is 0.0323. The zero-order chi connectivity index (χ0) is 25.7. The lowest BCUT2D eigenvalue weighted by molar-refractivity contribution is 0.579. The Balaban J connectivity index is 1.92. The molecule has 0 saturated heterocycles. The monoisotopic (exact) mass is 585 g/mol. The molecule has 5 aromatic carbocycles. The van der Waals surface area contributed by atoms with Gasteiger partial charge in [0.25, 0.3) is 0 Å². The van der Waals surface area contributed by atoms with E-state index in [1.165, 1.54) is 0 Å². The minimum atomic E-state index is -3.67. The Morgan fingerprint density at radius 2 is 0.757 bits per heavy atom. The van der Waals surface area contributed by atoms with Crippen LogP contribution in [0.2, 0.25) is 0 Å². The van der Waals surface area contributed by atoms with Gasteiger partial charge in [0.15, 0.2) is 0 Å². The molecule has 6 heteroatoms. The summed E-state index contributed by atoms with van der Waals surface area (Å²) in [5, 5.41) is 3.18. The van der Waals surface area contributed by atoms with Gasteiger partial charge >= 0.3 is 0 Å². The maximum atomic E-state index is 15.8. The van der Waals surface area contributed by atoms with Crippen LogP contribution in [0.1, 0.15) is 5.56 Å². The summed E-state index contributed by atoms with van der Waals surface area (Å²) in [6, 6.07) is 45.4. The SMILES string of the molecule is O=P(c1ccccc1)(c1ccccc1)N(c1ccc(CBr)cc1)P(=O)(c1ccccc1)c1ccccc1. The molecule has 0 spiro atoms. The van der Waals surface area contributed by atoms with Gasteiger partial charge in [0, 0.05) is 26.5 Å². The van der Waals surface area contributed by atoms with Gasteiger partial charge < -0.3 is 0 Å². The Morgan fingerprint density at radius 1 is 0.459 bits per heavy atom. The molecule has 0 N–H and O–H groups in total. The highest BCUT2D eigenvalue weighted by Crippen LogP contribution is 2.65. The van der Waals surface area contributed by atoms with E-state index in [4.69, 9.17) is 0 Å². The molecule has 0 aliphatic rings. The summed E-state index contributed by atoms with van der Waals surface area (Å²) >= 11 is 3.52. The Hall–Kier alpha value is -3.16. The summed E-state index contributed by atoms with van der Waals surface area (Å²) in [5.74, 6) is 0. The predicted molar refractivity (Wildman–Crippen MR) is 161 cm³/mol. The average Bonchev–Trinajstić information content (AvgIpc) is 2.99. The van der Waals surface area contributed by atoms with Crippen LogP contribution >= 0.6 is 30.5 Å². The first-order valence-electron chi connectivity index (χ1n) is 12.0. The standard InChI is InChI=1S/C31H26BrNO2P2/c32-25-26-21-23-27(24-22-26)33(36(34,28-13-5-1-6-14-28)29-15-7-2-8-16-29)37(35,30-17-9-3-10-18-30)31-19-11-4-12-20-31/h1-24H,25H2. The van der Waals surface area contributed by atoms with Crippen molar-refractivity contribution in [3.05, 3.63) is 151 Å². The van der Waals surface area contributed by atoms with Gasteiger partial charge in [-0.25, -0.2) is 0 Å². The van der Waals surface area contributed by atoms with E-state index >= 15 is 9.13 Å². The second-order valence-electron chi connectivity index (χ2n) is 8.58. The van der Waals surface area contributed by atoms with Crippen molar-refractivity contribution in [3.63, 3.8) is 0 Å². The van der Waals surface area contributed by atoms with E-state index in [2.05, 4.69) is 15.9 Å². The Kier molecular flexibility index (Phi) is 7.63. The molecule has 184 valence electrons. The molecule has 0 unspecified atom stereocenters. The number of hydrogen-bond donors (Lipinski definition) is 0. The number of alkyl halides is 1. The smallest absolute Gasteiger partial charge is 0.235 e. The van der Waals surface area contributed by atoms with Gasteiger partial charge in [0.1, 0.15) is 0 Å². The summed E-state index contributed by atoms with van der Waals surface area (Å²) in [7, 11) is -7.35. The fourth-order valence-electron chi connectivity index (χ4n) is 4.48. The molecule has 0 aliphatic heterocycles. The maximum Gasteiger partial charge on any atom is 0.235 e. The minimum absolute atomic E-state index is 0.623. The van der Waals surface area contributed by atoms with Gasteiger partial charge in [0.05, 0.1) is 5.69 Å². The first-order chi connectivity index (χ1) is 18.1. The summed E-state index contributed by atoms with van der Waals surface area (Å²) in [6.07, 6.45) is 0. The average molecular weight is 586 g/mol. The van der Waals surface area contributed by atoms with Crippen molar-refractivity contribution >= 4 is 57.4 Å². The van der Waals surface area contributed by atoms with E-state index < -0.39 is 14.6 Å². The zero-order valence-corrected chi connectivity index (χ0v) is 23.5. The lowest BCUT2D eigenvalue weighted by atomic mass is 10.2. The Bertz CT molecular complexity index is 1360. The third kappa shape index (κ3) is 4.78. The van der Waals surface area contributed by atoms with Crippen molar-refractivity contribution in [2.45, 2.75) is 5.33 Å². The van der Waals surface area contributed by atoms with Gasteiger partial charge in [-0.1, -0.05) is 101 Å². The summed E-state index contributed by atoms with van der Waals surface area (Å²) in [4.78, 5) is 0. The topological polar surface area (TPSA) is 37.4 Å². The predicted octanol–water partition coefficient (Wildman–Crippen LogP) is 7.25. The number of anilines is 1. The van der Waals surface area contributed by atoms with Crippen LogP contribution in [0.15, 0.2) is 146 Å². The Morgan fingerprint density at radius 3 is 1.03 bits per heavy atom. The number of halogens is 1. The molecule has 0 fully saturated rings. The lowest BCUT2D eigenvalue weighted by Gasteiger charge is -2.40. The third-order valence-corrected chi connectivity index (χ3v) is 14.0. The molecular weight excluding hydrogens is 560 g/mol. The van der Waals surface area contributed by atoms with Crippen molar-refractivity contribution in [1.82, 2.24) is 0 Å². The zero-order valence-electron chi connectivity index (χ0n) is 20.1. The van der Waals surface area contributed by atoms with Gasteiger partial charge in [-0.2, -0.15) is 0 Å². The van der Waals surface area contributed by atoms with Crippen LogP contribution in [0.25, 0.3) is 0 Å². The number of benzene rings is 5. The normalized spacial score (nSPS) is 11.7. The molecule has 0 aliphatic carbocycles. The van der Waals surface area contributed by atoms with Gasteiger partial charge in [0.2, 0.25) is 14.6 Å². The maximum absolute atomic E-state index is 15.8. The molecule has 0 heterocycles. The molecule has 3 nitrogen and oxygen atoms in total. The summed E-state index contributed by atoms with van der Waals surface area (Å²) < 4.78 is 33.3. The van der Waals surface area contributed by atoms with E-state index in [0.29, 0.717) is 32.2 Å². The van der Waals surface area contributed by atoms with Crippen LogP contribution in [0.4, 0.5) is 5.69 Å². The van der Waals surface area contributed by atoms with E-state index in [9.17, 15) is 0 Å². The first kappa shape index (κ1) is 25.5. The molecule has 0 amide bonds. The fourth-order valence-corrected chi connectivity index (χ4v) is 12.2. The van der Waals surface area contributed by atoms with Crippen molar-refractivity contribution < 1.29 is 9.13 Å². The summed E-state index contributed by atoms with van der Waals surface area (Å²) in [5.41, 5.74) is 1.71. The first-order valence-corrected chi connectivity index (χ1v) is 16.4. The van der Waals surface area contributed by atoms with Crippen molar-refractivity contribution in [2.24, 2.45) is 0 Å². The number of rotatable bonds is 8. The third-order valence-electron chi connectivity index (χ3n) is 6.28. The van der Waals surface area contributed by atoms with Gasteiger partial charge in [-0.05, 0) is 66.2 Å². The van der Waals surface area contributed by atoms with Crippen molar-refractivity contribution in [1.29, 1.82) is 0 Å². The largest absolute Gasteiger partial charge is 0.289 e. The molecule has 5 rings (SSSR count). The van der Waals surface area contributed by atoms with E-state index in [0.717, 1.165) is 5.56 Å². The Labute approximate surface area is 226 Å². The van der Waals surface area contributed by atoms with E-state index in [-0.39, 0.29) is 0 Å². The lowest BCUT2D eigenvalue weighted by Crippen LogP contribution is -2.37. The number of nitrogens with zero attached hydrogens (tertiary/aromatic N) is 1. The van der Waals surface area contributed by atoms with Gasteiger partial charge in [-0.15, -0.1) is 0 Å².